The van der Waals surface area contributed by atoms with Gasteiger partial charge in [0.1, 0.15) is 6.10 Å². The molecule has 136 valence electrons. The fourth-order valence-corrected chi connectivity index (χ4v) is 2.14. The summed E-state index contributed by atoms with van der Waals surface area (Å²) >= 11 is 0. The summed E-state index contributed by atoms with van der Waals surface area (Å²) in [6, 6.07) is 0. The number of allylic oxidation sites excluding steroid dienone is 10. The second kappa shape index (κ2) is 14.2. The molecule has 3 nitrogen and oxygen atoms in total. The van der Waals surface area contributed by atoms with Crippen LogP contribution in [-0.2, 0) is 9.53 Å². The van der Waals surface area contributed by atoms with Crippen LogP contribution in [0.25, 0.3) is 0 Å². The van der Waals surface area contributed by atoms with E-state index in [0.717, 1.165) is 25.7 Å². The number of ether oxygens (including phenoxy) is 1. The Labute approximate surface area is 151 Å². The molecule has 0 radical (unpaired) electrons. The Morgan fingerprint density at radius 1 is 0.920 bits per heavy atom. The number of epoxide rings is 1. The fraction of sp³-hybridized carbons (Fsp3) is 0.409. The normalized spacial score (nSPS) is 21.2. The van der Waals surface area contributed by atoms with Gasteiger partial charge in [-0.3, -0.25) is 4.79 Å². The van der Waals surface area contributed by atoms with E-state index in [4.69, 9.17) is 9.84 Å². The van der Waals surface area contributed by atoms with Gasteiger partial charge in [-0.2, -0.15) is 0 Å². The van der Waals surface area contributed by atoms with Crippen molar-refractivity contribution in [1.82, 2.24) is 0 Å². The number of aliphatic carboxylic acids is 1. The zero-order valence-corrected chi connectivity index (χ0v) is 15.1. The van der Waals surface area contributed by atoms with Gasteiger partial charge in [-0.15, -0.1) is 0 Å². The van der Waals surface area contributed by atoms with Crippen molar-refractivity contribution in [2.24, 2.45) is 0 Å². The number of hydrogen-bond donors (Lipinski definition) is 1. The zero-order chi connectivity index (χ0) is 18.2. The van der Waals surface area contributed by atoms with Gasteiger partial charge in [0.25, 0.3) is 0 Å². The molecule has 1 saturated heterocycles. The second-order valence-corrected chi connectivity index (χ2v) is 5.80. The molecule has 3 heteroatoms. The fourth-order valence-electron chi connectivity index (χ4n) is 2.14. The predicted molar refractivity (Wildman–Crippen MR) is 105 cm³/mol. The van der Waals surface area contributed by atoms with E-state index in [2.05, 4.69) is 43.4 Å². The van der Waals surface area contributed by atoms with Crippen LogP contribution in [0, 0.1) is 0 Å². The topological polar surface area (TPSA) is 49.8 Å². The Bertz CT molecular complexity index is 535. The highest BCUT2D eigenvalue weighted by molar-refractivity contribution is 5.66. The summed E-state index contributed by atoms with van der Waals surface area (Å²) in [5, 5.41) is 8.50. The molecule has 0 unspecified atom stereocenters. The molecule has 1 aliphatic heterocycles. The summed E-state index contributed by atoms with van der Waals surface area (Å²) in [5.41, 5.74) is 0. The first-order valence-electron chi connectivity index (χ1n) is 9.06. The Balaban J connectivity index is 2.01. The number of rotatable bonds is 13. The molecule has 0 aromatic heterocycles. The summed E-state index contributed by atoms with van der Waals surface area (Å²) in [6.07, 6.45) is 30.1. The Hall–Kier alpha value is -2.13. The van der Waals surface area contributed by atoms with Crippen molar-refractivity contribution >= 4 is 5.97 Å². The molecule has 0 aromatic carbocycles. The van der Waals surface area contributed by atoms with Crippen LogP contribution in [0.3, 0.4) is 0 Å². The first-order valence-corrected chi connectivity index (χ1v) is 9.06. The molecule has 0 bridgehead atoms. The third-order valence-corrected chi connectivity index (χ3v) is 3.57. The van der Waals surface area contributed by atoms with E-state index in [0.29, 0.717) is 12.5 Å². The lowest BCUT2D eigenvalue weighted by molar-refractivity contribution is -0.136. The lowest BCUT2D eigenvalue weighted by Crippen LogP contribution is -1.91. The molecule has 1 N–H and O–H groups in total. The van der Waals surface area contributed by atoms with Gasteiger partial charge in [-0.25, -0.2) is 0 Å². The first-order chi connectivity index (χ1) is 12.2. The van der Waals surface area contributed by atoms with Gasteiger partial charge in [-0.05, 0) is 32.1 Å². The standard InChI is InChI=1S/C22H30O3/c1-2-3-14-17-20-21(25-20)18-15-12-10-8-6-4-5-7-9-11-13-16-19-22(23)24/h3,5-8,10-15,18,20-21H,2,4,9,16-17,19H2,1H3,(H,23,24)/t20-,21-/m0/s1. The third-order valence-electron chi connectivity index (χ3n) is 3.57. The second-order valence-electron chi connectivity index (χ2n) is 5.80. The molecule has 2 atom stereocenters. The van der Waals surface area contributed by atoms with Crippen LogP contribution in [0.2, 0.25) is 0 Å². The molecule has 0 spiro atoms. The zero-order valence-electron chi connectivity index (χ0n) is 15.1. The van der Waals surface area contributed by atoms with Gasteiger partial charge in [-0.1, -0.05) is 79.8 Å². The van der Waals surface area contributed by atoms with Gasteiger partial charge < -0.3 is 9.84 Å². The number of carbonyl (C=O) groups is 1. The minimum Gasteiger partial charge on any atom is -0.481 e. The van der Waals surface area contributed by atoms with Crippen molar-refractivity contribution in [1.29, 1.82) is 0 Å². The van der Waals surface area contributed by atoms with Crippen molar-refractivity contribution in [3.8, 4) is 0 Å². The predicted octanol–water partition coefficient (Wildman–Crippen LogP) is 5.54. The van der Waals surface area contributed by atoms with Gasteiger partial charge in [0.15, 0.2) is 0 Å². The largest absolute Gasteiger partial charge is 0.481 e. The maximum atomic E-state index is 10.3. The summed E-state index contributed by atoms with van der Waals surface area (Å²) < 4.78 is 5.55. The average Bonchev–Trinajstić information content (AvgIpc) is 3.33. The number of hydrogen-bond acceptors (Lipinski definition) is 2. The van der Waals surface area contributed by atoms with E-state index in [9.17, 15) is 4.79 Å². The molecule has 0 aliphatic carbocycles. The van der Waals surface area contributed by atoms with Crippen LogP contribution in [-0.4, -0.2) is 23.3 Å². The monoisotopic (exact) mass is 342 g/mol. The first kappa shape index (κ1) is 20.9. The molecule has 0 amide bonds. The van der Waals surface area contributed by atoms with Gasteiger partial charge in [0.05, 0.1) is 6.10 Å². The van der Waals surface area contributed by atoms with Crippen LogP contribution in [0.5, 0.6) is 0 Å². The highest BCUT2D eigenvalue weighted by Crippen LogP contribution is 2.26. The van der Waals surface area contributed by atoms with Gasteiger partial charge in [0, 0.05) is 6.42 Å². The van der Waals surface area contributed by atoms with Crippen molar-refractivity contribution in [2.45, 2.75) is 57.7 Å². The average molecular weight is 342 g/mol. The van der Waals surface area contributed by atoms with Crippen molar-refractivity contribution in [3.05, 3.63) is 72.9 Å². The minimum atomic E-state index is -0.748. The Kier molecular flexibility index (Phi) is 11.9. The summed E-state index contributed by atoms with van der Waals surface area (Å²) in [4.78, 5) is 10.3. The summed E-state index contributed by atoms with van der Waals surface area (Å²) in [5.74, 6) is -0.748. The minimum absolute atomic E-state index is 0.202. The smallest absolute Gasteiger partial charge is 0.303 e. The SMILES string of the molecule is CCC=CC[C@@H]1O[C@H]1C=CC=CC=CCC=CCC=CCCC(=O)O. The molecular formula is C22H30O3. The van der Waals surface area contributed by atoms with Crippen molar-refractivity contribution < 1.29 is 14.6 Å². The Morgan fingerprint density at radius 3 is 2.40 bits per heavy atom. The van der Waals surface area contributed by atoms with E-state index in [1.807, 2.05) is 36.5 Å². The molecule has 1 rings (SSSR count). The maximum absolute atomic E-state index is 10.3. The van der Waals surface area contributed by atoms with E-state index in [-0.39, 0.29) is 12.5 Å². The summed E-state index contributed by atoms with van der Waals surface area (Å²) in [6.45, 7) is 2.14. The van der Waals surface area contributed by atoms with Crippen LogP contribution < -0.4 is 0 Å². The van der Waals surface area contributed by atoms with E-state index >= 15 is 0 Å². The van der Waals surface area contributed by atoms with E-state index < -0.39 is 5.97 Å². The molecule has 1 fully saturated rings. The third kappa shape index (κ3) is 12.9. The van der Waals surface area contributed by atoms with Gasteiger partial charge >= 0.3 is 5.97 Å². The number of carboxylic acids is 1. The lowest BCUT2D eigenvalue weighted by atomic mass is 10.2. The molecule has 0 aromatic rings. The molecular weight excluding hydrogens is 312 g/mol. The van der Waals surface area contributed by atoms with Crippen molar-refractivity contribution in [2.75, 3.05) is 0 Å². The lowest BCUT2D eigenvalue weighted by Gasteiger charge is -1.86. The number of carboxylic acid groups (broad SMARTS) is 1. The van der Waals surface area contributed by atoms with Gasteiger partial charge in [0.2, 0.25) is 0 Å². The molecule has 1 aliphatic rings. The van der Waals surface area contributed by atoms with Crippen LogP contribution in [0.4, 0.5) is 0 Å². The van der Waals surface area contributed by atoms with Crippen LogP contribution in [0.1, 0.15) is 45.4 Å². The highest BCUT2D eigenvalue weighted by Gasteiger charge is 2.34. The summed E-state index contributed by atoms with van der Waals surface area (Å²) in [7, 11) is 0. The highest BCUT2D eigenvalue weighted by atomic mass is 16.6. The van der Waals surface area contributed by atoms with Crippen LogP contribution >= 0.6 is 0 Å². The van der Waals surface area contributed by atoms with Crippen LogP contribution in [0.15, 0.2) is 72.9 Å². The van der Waals surface area contributed by atoms with E-state index in [1.54, 1.807) is 0 Å². The van der Waals surface area contributed by atoms with Crippen molar-refractivity contribution in [3.63, 3.8) is 0 Å². The quantitative estimate of drug-likeness (QED) is 0.272. The Morgan fingerprint density at radius 2 is 1.64 bits per heavy atom. The maximum Gasteiger partial charge on any atom is 0.303 e. The molecule has 0 saturated carbocycles. The molecule has 25 heavy (non-hydrogen) atoms. The van der Waals surface area contributed by atoms with E-state index in [1.165, 1.54) is 0 Å². The molecule has 1 heterocycles.